The van der Waals surface area contributed by atoms with Gasteiger partial charge >= 0.3 is 0 Å². The standard InChI is InChI=1S/C18H29N3/c1-3-16-11-14(13-19-4-2)12-18(20-16)21-10-6-8-15-7-5-9-17(15)21/h11-12,15,17,19H,3-10,13H2,1-2H3. The third-order valence-corrected chi connectivity index (χ3v) is 5.15. The molecule has 1 aromatic rings. The van der Waals surface area contributed by atoms with Crippen LogP contribution < -0.4 is 10.2 Å². The van der Waals surface area contributed by atoms with Crippen molar-refractivity contribution in [2.45, 2.75) is 65.0 Å². The summed E-state index contributed by atoms with van der Waals surface area (Å²) in [7, 11) is 0. The molecule has 3 nitrogen and oxygen atoms in total. The summed E-state index contributed by atoms with van der Waals surface area (Å²) in [5.74, 6) is 2.15. The van der Waals surface area contributed by atoms with Gasteiger partial charge in [-0.25, -0.2) is 4.98 Å². The molecule has 1 aliphatic carbocycles. The van der Waals surface area contributed by atoms with E-state index in [1.54, 1.807) is 0 Å². The average molecular weight is 287 g/mol. The molecule has 3 heteroatoms. The van der Waals surface area contributed by atoms with Gasteiger partial charge in [0.25, 0.3) is 0 Å². The van der Waals surface area contributed by atoms with Crippen LogP contribution in [-0.2, 0) is 13.0 Å². The third-order valence-electron chi connectivity index (χ3n) is 5.15. The van der Waals surface area contributed by atoms with E-state index in [4.69, 9.17) is 4.98 Å². The summed E-state index contributed by atoms with van der Waals surface area (Å²) in [5, 5.41) is 3.45. The molecule has 0 aromatic carbocycles. The zero-order valence-corrected chi connectivity index (χ0v) is 13.6. The molecule has 2 unspecified atom stereocenters. The first-order valence-electron chi connectivity index (χ1n) is 8.79. The molecule has 2 atom stereocenters. The number of piperidine rings is 1. The van der Waals surface area contributed by atoms with Gasteiger partial charge in [-0.2, -0.15) is 0 Å². The van der Waals surface area contributed by atoms with Gasteiger partial charge in [0.1, 0.15) is 5.82 Å². The molecule has 0 amide bonds. The van der Waals surface area contributed by atoms with Crippen LogP contribution in [0.4, 0.5) is 5.82 Å². The summed E-state index contributed by atoms with van der Waals surface area (Å²) in [5.41, 5.74) is 2.62. The predicted octanol–water partition coefficient (Wildman–Crippen LogP) is 3.52. The van der Waals surface area contributed by atoms with Crippen LogP contribution in [0.15, 0.2) is 12.1 Å². The van der Waals surface area contributed by atoms with E-state index >= 15 is 0 Å². The average Bonchev–Trinajstić information content (AvgIpc) is 3.01. The van der Waals surface area contributed by atoms with E-state index in [1.807, 2.05) is 0 Å². The summed E-state index contributed by atoms with van der Waals surface area (Å²) in [6, 6.07) is 5.34. The van der Waals surface area contributed by atoms with Crippen LogP contribution in [0, 0.1) is 5.92 Å². The fourth-order valence-electron chi connectivity index (χ4n) is 4.07. The van der Waals surface area contributed by atoms with E-state index in [2.05, 4.69) is 36.2 Å². The number of aryl methyl sites for hydroxylation is 1. The maximum atomic E-state index is 4.94. The first kappa shape index (κ1) is 14.8. The largest absolute Gasteiger partial charge is 0.353 e. The Bertz CT molecular complexity index is 472. The second kappa shape index (κ2) is 6.78. The van der Waals surface area contributed by atoms with Gasteiger partial charge in [-0.05, 0) is 62.3 Å². The number of rotatable bonds is 5. The Labute approximate surface area is 129 Å². The minimum absolute atomic E-state index is 0.755. The van der Waals surface area contributed by atoms with Crippen molar-refractivity contribution < 1.29 is 0 Å². The van der Waals surface area contributed by atoms with E-state index in [0.717, 1.165) is 31.5 Å². The van der Waals surface area contributed by atoms with E-state index in [9.17, 15) is 0 Å². The molecule has 2 aliphatic rings. The highest BCUT2D eigenvalue weighted by Gasteiger charge is 2.35. The van der Waals surface area contributed by atoms with Crippen molar-refractivity contribution in [3.63, 3.8) is 0 Å². The molecule has 1 aromatic heterocycles. The van der Waals surface area contributed by atoms with Crippen LogP contribution in [0.2, 0.25) is 0 Å². The van der Waals surface area contributed by atoms with Crippen molar-refractivity contribution in [2.24, 2.45) is 5.92 Å². The lowest BCUT2D eigenvalue weighted by molar-refractivity contribution is 0.360. The molecule has 0 spiro atoms. The van der Waals surface area contributed by atoms with Gasteiger partial charge < -0.3 is 10.2 Å². The van der Waals surface area contributed by atoms with Gasteiger partial charge in [0.2, 0.25) is 0 Å². The maximum absolute atomic E-state index is 4.94. The van der Waals surface area contributed by atoms with Crippen LogP contribution in [-0.4, -0.2) is 24.1 Å². The molecular weight excluding hydrogens is 258 g/mol. The zero-order valence-electron chi connectivity index (χ0n) is 13.6. The summed E-state index contributed by atoms with van der Waals surface area (Å²) < 4.78 is 0. The molecule has 2 heterocycles. The van der Waals surface area contributed by atoms with E-state index in [0.29, 0.717) is 0 Å². The summed E-state index contributed by atoms with van der Waals surface area (Å²) >= 11 is 0. The normalized spacial score (nSPS) is 25.1. The smallest absolute Gasteiger partial charge is 0.129 e. The Morgan fingerprint density at radius 2 is 2.05 bits per heavy atom. The molecule has 0 radical (unpaired) electrons. The fraction of sp³-hybridized carbons (Fsp3) is 0.722. The molecule has 1 N–H and O–H groups in total. The number of hydrogen-bond donors (Lipinski definition) is 1. The highest BCUT2D eigenvalue weighted by atomic mass is 15.2. The van der Waals surface area contributed by atoms with Crippen molar-refractivity contribution in [3.05, 3.63) is 23.4 Å². The number of fused-ring (bicyclic) bond motifs is 1. The molecule has 116 valence electrons. The zero-order chi connectivity index (χ0) is 14.7. The van der Waals surface area contributed by atoms with Crippen LogP contribution in [0.3, 0.4) is 0 Å². The molecule has 1 aliphatic heterocycles. The summed E-state index contributed by atoms with van der Waals surface area (Å²) in [6.07, 6.45) is 7.99. The Morgan fingerprint density at radius 3 is 2.86 bits per heavy atom. The van der Waals surface area contributed by atoms with E-state index in [-0.39, 0.29) is 0 Å². The summed E-state index contributed by atoms with van der Waals surface area (Å²) in [4.78, 5) is 7.56. The lowest BCUT2D eigenvalue weighted by atomic mass is 9.92. The number of hydrogen-bond acceptors (Lipinski definition) is 3. The third kappa shape index (κ3) is 3.23. The first-order valence-corrected chi connectivity index (χ1v) is 8.79. The molecule has 1 saturated carbocycles. The van der Waals surface area contributed by atoms with Gasteiger partial charge in [0, 0.05) is 24.8 Å². The minimum atomic E-state index is 0.755. The number of anilines is 1. The second-order valence-corrected chi connectivity index (χ2v) is 6.55. The Kier molecular flexibility index (Phi) is 4.79. The number of nitrogens with zero attached hydrogens (tertiary/aromatic N) is 2. The minimum Gasteiger partial charge on any atom is -0.353 e. The molecule has 0 bridgehead atoms. The van der Waals surface area contributed by atoms with Crippen molar-refractivity contribution in [3.8, 4) is 0 Å². The Hall–Kier alpha value is -1.09. The van der Waals surface area contributed by atoms with Gasteiger partial charge in [0.05, 0.1) is 0 Å². The lowest BCUT2D eigenvalue weighted by Crippen LogP contribution is -2.43. The van der Waals surface area contributed by atoms with Crippen molar-refractivity contribution in [2.75, 3.05) is 18.0 Å². The number of pyridine rings is 1. The van der Waals surface area contributed by atoms with Crippen molar-refractivity contribution in [1.82, 2.24) is 10.3 Å². The van der Waals surface area contributed by atoms with E-state index < -0.39 is 0 Å². The number of nitrogens with one attached hydrogen (secondary N) is 1. The quantitative estimate of drug-likeness (QED) is 0.898. The molecular formula is C18H29N3. The van der Waals surface area contributed by atoms with Crippen LogP contribution >= 0.6 is 0 Å². The number of aromatic nitrogens is 1. The molecule has 21 heavy (non-hydrogen) atoms. The van der Waals surface area contributed by atoms with Crippen molar-refractivity contribution >= 4 is 5.82 Å². The maximum Gasteiger partial charge on any atom is 0.129 e. The van der Waals surface area contributed by atoms with Crippen LogP contribution in [0.25, 0.3) is 0 Å². The Balaban J connectivity index is 1.85. The van der Waals surface area contributed by atoms with Gasteiger partial charge in [0.15, 0.2) is 0 Å². The van der Waals surface area contributed by atoms with E-state index in [1.165, 1.54) is 55.7 Å². The van der Waals surface area contributed by atoms with Crippen molar-refractivity contribution in [1.29, 1.82) is 0 Å². The SMILES string of the molecule is CCNCc1cc(CC)nc(N2CCCC3CCCC32)c1. The topological polar surface area (TPSA) is 28.2 Å². The monoisotopic (exact) mass is 287 g/mol. The highest BCUT2D eigenvalue weighted by molar-refractivity contribution is 5.45. The summed E-state index contributed by atoms with van der Waals surface area (Å²) in [6.45, 7) is 7.55. The van der Waals surface area contributed by atoms with Crippen LogP contribution in [0.5, 0.6) is 0 Å². The van der Waals surface area contributed by atoms with Gasteiger partial charge in [-0.15, -0.1) is 0 Å². The fourth-order valence-corrected chi connectivity index (χ4v) is 4.07. The van der Waals surface area contributed by atoms with Gasteiger partial charge in [-0.3, -0.25) is 0 Å². The molecule has 1 saturated heterocycles. The van der Waals surface area contributed by atoms with Crippen LogP contribution in [0.1, 0.15) is 57.2 Å². The predicted molar refractivity (Wildman–Crippen MR) is 88.7 cm³/mol. The second-order valence-electron chi connectivity index (χ2n) is 6.55. The lowest BCUT2D eigenvalue weighted by Gasteiger charge is -2.39. The molecule has 3 rings (SSSR count). The highest BCUT2D eigenvalue weighted by Crippen LogP contribution is 2.38. The Morgan fingerprint density at radius 1 is 1.19 bits per heavy atom. The van der Waals surface area contributed by atoms with Gasteiger partial charge in [-0.1, -0.05) is 20.3 Å². The first-order chi connectivity index (χ1) is 10.3. The molecule has 2 fully saturated rings.